The van der Waals surface area contributed by atoms with Gasteiger partial charge in [0.25, 0.3) is 0 Å². The highest BCUT2D eigenvalue weighted by Gasteiger charge is 2.23. The largest absolute Gasteiger partial charge is 0.462 e. The van der Waals surface area contributed by atoms with Gasteiger partial charge < -0.3 is 14.2 Å². The van der Waals surface area contributed by atoms with Crippen molar-refractivity contribution in [3.05, 3.63) is 53.1 Å². The van der Waals surface area contributed by atoms with E-state index in [1.165, 1.54) is 5.56 Å². The van der Waals surface area contributed by atoms with Crippen LogP contribution in [0.1, 0.15) is 34.2 Å². The number of hydrogen-bond acceptors (Lipinski definition) is 5. The molecule has 1 fully saturated rings. The van der Waals surface area contributed by atoms with Gasteiger partial charge in [-0.25, -0.2) is 4.79 Å². The predicted octanol–water partition coefficient (Wildman–Crippen LogP) is 2.02. The monoisotopic (exact) mass is 384 g/mol. The zero-order valence-electron chi connectivity index (χ0n) is 16.9. The first-order valence-electron chi connectivity index (χ1n) is 9.72. The number of nitrogens with zero attached hydrogens (tertiary/aromatic N) is 4. The lowest BCUT2D eigenvalue weighted by atomic mass is 10.2. The van der Waals surface area contributed by atoms with Crippen molar-refractivity contribution in [3.63, 3.8) is 0 Å². The van der Waals surface area contributed by atoms with Gasteiger partial charge in [-0.1, -0.05) is 0 Å². The number of esters is 1. The molecule has 1 amide bonds. The molecule has 0 N–H and O–H groups in total. The van der Waals surface area contributed by atoms with Crippen LogP contribution in [0.25, 0.3) is 0 Å². The summed E-state index contributed by atoms with van der Waals surface area (Å²) in [4.78, 5) is 33.2. The fourth-order valence-electron chi connectivity index (χ4n) is 3.60. The van der Waals surface area contributed by atoms with Gasteiger partial charge in [0, 0.05) is 56.5 Å². The van der Waals surface area contributed by atoms with Crippen molar-refractivity contribution < 1.29 is 14.3 Å². The summed E-state index contributed by atoms with van der Waals surface area (Å²) in [5, 5.41) is 0. The van der Waals surface area contributed by atoms with Crippen molar-refractivity contribution in [2.75, 3.05) is 32.8 Å². The number of carbonyl (C=O) groups is 2. The van der Waals surface area contributed by atoms with Crippen LogP contribution in [0.2, 0.25) is 0 Å². The molecule has 0 radical (unpaired) electrons. The normalized spacial score (nSPS) is 14.9. The van der Waals surface area contributed by atoms with Crippen LogP contribution in [-0.2, 0) is 22.6 Å². The van der Waals surface area contributed by atoms with E-state index in [9.17, 15) is 9.59 Å². The second-order valence-electron chi connectivity index (χ2n) is 7.10. The standard InChI is InChI=1S/C21H28N4O3/c1-4-28-21(27)19-13-16(2)25(17(19)3)15-20(26)24-11-9-23(10-12-24)14-18-5-7-22-8-6-18/h5-8,13H,4,9-12,14-15H2,1-3H3. The van der Waals surface area contributed by atoms with Crippen LogP contribution in [0.5, 0.6) is 0 Å². The lowest BCUT2D eigenvalue weighted by Gasteiger charge is -2.35. The first-order chi connectivity index (χ1) is 13.5. The minimum Gasteiger partial charge on any atom is -0.462 e. The topological polar surface area (TPSA) is 67.7 Å². The summed E-state index contributed by atoms with van der Waals surface area (Å²) in [6.07, 6.45) is 3.61. The van der Waals surface area contributed by atoms with E-state index in [4.69, 9.17) is 4.74 Å². The van der Waals surface area contributed by atoms with E-state index in [1.54, 1.807) is 25.4 Å². The van der Waals surface area contributed by atoms with Crippen molar-refractivity contribution in [1.29, 1.82) is 0 Å². The van der Waals surface area contributed by atoms with Crippen LogP contribution in [0.4, 0.5) is 0 Å². The molecule has 28 heavy (non-hydrogen) atoms. The minimum atomic E-state index is -0.334. The summed E-state index contributed by atoms with van der Waals surface area (Å²) in [7, 11) is 0. The Labute approximate surface area is 165 Å². The second-order valence-corrected chi connectivity index (χ2v) is 7.10. The molecule has 1 aliphatic heterocycles. The molecule has 0 spiro atoms. The maximum atomic E-state index is 12.8. The smallest absolute Gasteiger partial charge is 0.339 e. The zero-order chi connectivity index (χ0) is 20.1. The Balaban J connectivity index is 1.57. The highest BCUT2D eigenvalue weighted by Crippen LogP contribution is 2.17. The van der Waals surface area contributed by atoms with Gasteiger partial charge in [-0.2, -0.15) is 0 Å². The number of ether oxygens (including phenoxy) is 1. The Hall–Kier alpha value is -2.67. The molecule has 0 aliphatic carbocycles. The summed E-state index contributed by atoms with van der Waals surface area (Å²) in [5.74, 6) is -0.250. The average molecular weight is 384 g/mol. The molecule has 0 bridgehead atoms. The Kier molecular flexibility index (Phi) is 6.46. The highest BCUT2D eigenvalue weighted by atomic mass is 16.5. The van der Waals surface area contributed by atoms with E-state index in [-0.39, 0.29) is 18.4 Å². The lowest BCUT2D eigenvalue weighted by molar-refractivity contribution is -0.133. The maximum Gasteiger partial charge on any atom is 0.339 e. The van der Waals surface area contributed by atoms with Crippen molar-refractivity contribution in [2.45, 2.75) is 33.9 Å². The van der Waals surface area contributed by atoms with Gasteiger partial charge >= 0.3 is 5.97 Å². The third-order valence-corrected chi connectivity index (χ3v) is 5.24. The van der Waals surface area contributed by atoms with Gasteiger partial charge in [0.1, 0.15) is 6.54 Å². The first-order valence-corrected chi connectivity index (χ1v) is 9.72. The zero-order valence-corrected chi connectivity index (χ0v) is 16.9. The van der Waals surface area contributed by atoms with Gasteiger partial charge in [0.05, 0.1) is 12.2 Å². The van der Waals surface area contributed by atoms with Crippen molar-refractivity contribution in [1.82, 2.24) is 19.4 Å². The molecular formula is C21H28N4O3. The van der Waals surface area contributed by atoms with Crippen LogP contribution >= 0.6 is 0 Å². The number of pyridine rings is 1. The van der Waals surface area contributed by atoms with Gasteiger partial charge in [0.15, 0.2) is 0 Å². The Morgan fingerprint density at radius 3 is 2.43 bits per heavy atom. The molecule has 150 valence electrons. The van der Waals surface area contributed by atoms with Gasteiger partial charge in [-0.15, -0.1) is 0 Å². The number of amides is 1. The molecule has 0 atom stereocenters. The van der Waals surface area contributed by atoms with E-state index in [2.05, 4.69) is 9.88 Å². The Morgan fingerprint density at radius 1 is 1.11 bits per heavy atom. The molecule has 2 aromatic rings. The summed E-state index contributed by atoms with van der Waals surface area (Å²) >= 11 is 0. The van der Waals surface area contributed by atoms with Crippen LogP contribution in [-0.4, -0.2) is 64.0 Å². The van der Waals surface area contributed by atoms with E-state index in [0.29, 0.717) is 25.3 Å². The average Bonchev–Trinajstić information content (AvgIpc) is 2.98. The predicted molar refractivity (Wildman–Crippen MR) is 106 cm³/mol. The summed E-state index contributed by atoms with van der Waals surface area (Å²) in [6, 6.07) is 5.85. The Morgan fingerprint density at radius 2 is 1.79 bits per heavy atom. The minimum absolute atomic E-state index is 0.0840. The summed E-state index contributed by atoms with van der Waals surface area (Å²) in [5.41, 5.74) is 3.44. The molecule has 1 aliphatic rings. The quantitative estimate of drug-likeness (QED) is 0.713. The van der Waals surface area contributed by atoms with E-state index < -0.39 is 0 Å². The van der Waals surface area contributed by atoms with Crippen molar-refractivity contribution in [2.24, 2.45) is 0 Å². The van der Waals surface area contributed by atoms with Crippen LogP contribution in [0.3, 0.4) is 0 Å². The number of aryl methyl sites for hydroxylation is 1. The number of rotatable bonds is 6. The highest BCUT2D eigenvalue weighted by molar-refractivity contribution is 5.91. The number of hydrogen-bond donors (Lipinski definition) is 0. The lowest BCUT2D eigenvalue weighted by Crippen LogP contribution is -2.49. The first kappa shape index (κ1) is 20.1. The number of aromatic nitrogens is 2. The molecule has 0 unspecified atom stereocenters. The SMILES string of the molecule is CCOC(=O)c1cc(C)n(CC(=O)N2CCN(Cc3ccncc3)CC2)c1C. The van der Waals surface area contributed by atoms with Gasteiger partial charge in [0.2, 0.25) is 5.91 Å². The molecule has 0 saturated carbocycles. The van der Waals surface area contributed by atoms with Crippen LogP contribution in [0.15, 0.2) is 30.6 Å². The van der Waals surface area contributed by atoms with E-state index in [1.807, 2.05) is 35.4 Å². The van der Waals surface area contributed by atoms with Gasteiger partial charge in [-0.05, 0) is 44.5 Å². The third-order valence-electron chi connectivity index (χ3n) is 5.24. The summed E-state index contributed by atoms with van der Waals surface area (Å²) < 4.78 is 7.00. The molecular weight excluding hydrogens is 356 g/mol. The fourth-order valence-corrected chi connectivity index (χ4v) is 3.60. The fraction of sp³-hybridized carbons (Fsp3) is 0.476. The molecule has 1 saturated heterocycles. The number of carbonyl (C=O) groups excluding carboxylic acids is 2. The molecule has 2 aromatic heterocycles. The molecule has 7 nitrogen and oxygen atoms in total. The number of piperazine rings is 1. The van der Waals surface area contributed by atoms with Crippen molar-refractivity contribution in [3.8, 4) is 0 Å². The molecule has 7 heteroatoms. The van der Waals surface area contributed by atoms with E-state index >= 15 is 0 Å². The van der Waals surface area contributed by atoms with Crippen LogP contribution in [0, 0.1) is 13.8 Å². The molecule has 3 rings (SSSR count). The third kappa shape index (κ3) is 4.59. The van der Waals surface area contributed by atoms with Gasteiger partial charge in [-0.3, -0.25) is 14.7 Å². The molecule has 3 heterocycles. The Bertz CT molecular complexity index is 824. The second kappa shape index (κ2) is 9.01. The van der Waals surface area contributed by atoms with E-state index in [0.717, 1.165) is 31.0 Å². The molecule has 0 aromatic carbocycles. The maximum absolute atomic E-state index is 12.8. The summed E-state index contributed by atoms with van der Waals surface area (Å²) in [6.45, 7) is 10.2. The van der Waals surface area contributed by atoms with Crippen molar-refractivity contribution >= 4 is 11.9 Å². The van der Waals surface area contributed by atoms with Crippen LogP contribution < -0.4 is 0 Å².